The molecule has 3 heteroatoms. The molecule has 0 spiro atoms. The number of allylic oxidation sites excluding steroid dienone is 3. The van der Waals surface area contributed by atoms with Crippen LogP contribution in [0.25, 0.3) is 0 Å². The molecule has 0 saturated heterocycles. The molecule has 0 radical (unpaired) electrons. The first-order valence-electron chi connectivity index (χ1n) is 4.99. The first-order chi connectivity index (χ1) is 6.47. The summed E-state index contributed by atoms with van der Waals surface area (Å²) in [5.41, 5.74) is 4.73. The maximum absolute atomic E-state index is 4.83. The highest BCUT2D eigenvalue weighted by Gasteiger charge is 2.38. The van der Waals surface area contributed by atoms with Crippen molar-refractivity contribution in [3.05, 3.63) is 35.7 Å². The Morgan fingerprint density at radius 1 is 1.36 bits per heavy atom. The Kier molecular flexibility index (Phi) is 3.11. The summed E-state index contributed by atoms with van der Waals surface area (Å²) in [6.45, 7) is 16.9. The van der Waals surface area contributed by atoms with Crippen LogP contribution in [0.2, 0.25) is 13.1 Å². The van der Waals surface area contributed by atoms with Crippen LogP contribution in [0.15, 0.2) is 40.4 Å². The predicted molar refractivity (Wildman–Crippen MR) is 70.8 cm³/mol. The molecule has 1 aliphatic heterocycles. The SMILES string of the molecule is C=CC1=C(C)C(C)=N[SiH](C)[Si]1(C)C=C. The molecule has 2 atom stereocenters. The molecule has 14 heavy (non-hydrogen) atoms. The Hall–Kier alpha value is -0.676. The van der Waals surface area contributed by atoms with Crippen LogP contribution in [0.4, 0.5) is 0 Å². The number of rotatable bonds is 2. The highest BCUT2D eigenvalue weighted by molar-refractivity contribution is 7.38. The molecule has 0 aromatic carbocycles. The smallest absolute Gasteiger partial charge is 0.162 e. The van der Waals surface area contributed by atoms with Crippen molar-refractivity contribution in [3.63, 3.8) is 0 Å². The summed E-state index contributed by atoms with van der Waals surface area (Å²) >= 11 is 0. The molecule has 76 valence electrons. The van der Waals surface area contributed by atoms with Crippen LogP contribution in [0.5, 0.6) is 0 Å². The van der Waals surface area contributed by atoms with Gasteiger partial charge in [0.1, 0.15) is 7.59 Å². The topological polar surface area (TPSA) is 12.4 Å². The van der Waals surface area contributed by atoms with Crippen LogP contribution < -0.4 is 0 Å². The van der Waals surface area contributed by atoms with Crippen LogP contribution in [-0.2, 0) is 0 Å². The fraction of sp³-hybridized carbons (Fsp3) is 0.364. The molecule has 0 aromatic rings. The average Bonchev–Trinajstić information content (AvgIpc) is 2.16. The van der Waals surface area contributed by atoms with Crippen molar-refractivity contribution < 1.29 is 0 Å². The average molecular weight is 221 g/mol. The Bertz CT molecular complexity index is 341. The first kappa shape index (κ1) is 11.4. The lowest BCUT2D eigenvalue weighted by atomic mass is 10.2. The zero-order valence-electron chi connectivity index (χ0n) is 9.59. The van der Waals surface area contributed by atoms with E-state index in [1.54, 1.807) is 0 Å². The Morgan fingerprint density at radius 2 is 1.93 bits per heavy atom. The zero-order chi connectivity index (χ0) is 10.9. The summed E-state index contributed by atoms with van der Waals surface area (Å²) in [6.07, 6.45) is 2.03. The fourth-order valence-corrected chi connectivity index (χ4v) is 10.2. The Balaban J connectivity index is 3.37. The van der Waals surface area contributed by atoms with E-state index in [2.05, 4.69) is 45.8 Å². The fourth-order valence-electron chi connectivity index (χ4n) is 2.00. The minimum Gasteiger partial charge on any atom is -0.332 e. The maximum Gasteiger partial charge on any atom is 0.162 e. The lowest BCUT2D eigenvalue weighted by Gasteiger charge is -2.34. The van der Waals surface area contributed by atoms with E-state index >= 15 is 0 Å². The molecule has 0 aliphatic carbocycles. The second-order valence-corrected chi connectivity index (χ2v) is 15.3. The lowest BCUT2D eigenvalue weighted by molar-refractivity contribution is 1.46. The molecule has 2 unspecified atom stereocenters. The molecule has 1 heterocycles. The first-order valence-corrected chi connectivity index (χ1v) is 11.0. The Morgan fingerprint density at radius 3 is 2.36 bits per heavy atom. The molecule has 0 aromatic heterocycles. The van der Waals surface area contributed by atoms with Crippen LogP contribution in [0, 0.1) is 0 Å². The third-order valence-electron chi connectivity index (χ3n) is 3.41. The highest BCUT2D eigenvalue weighted by Crippen LogP contribution is 2.28. The van der Waals surface area contributed by atoms with E-state index in [0.29, 0.717) is 0 Å². The molecular formula is C11H19NSi2. The number of hydrogen-bond donors (Lipinski definition) is 0. The van der Waals surface area contributed by atoms with Crippen LogP contribution >= 0.6 is 0 Å². The normalized spacial score (nSPS) is 32.6. The molecule has 0 fully saturated rings. The van der Waals surface area contributed by atoms with E-state index in [4.69, 9.17) is 4.66 Å². The number of nitrogens with zero attached hydrogens (tertiary/aromatic N) is 1. The summed E-state index contributed by atoms with van der Waals surface area (Å²) in [4.78, 5) is 0. The van der Waals surface area contributed by atoms with Crippen LogP contribution in [0.3, 0.4) is 0 Å². The predicted octanol–water partition coefficient (Wildman–Crippen LogP) is 2.74. The van der Waals surface area contributed by atoms with Gasteiger partial charge in [0.15, 0.2) is 8.48 Å². The number of hydrogen-bond acceptors (Lipinski definition) is 1. The largest absolute Gasteiger partial charge is 0.332 e. The van der Waals surface area contributed by atoms with Crippen LogP contribution in [-0.4, -0.2) is 21.8 Å². The Labute approximate surface area is 89.4 Å². The molecule has 0 bridgehead atoms. The highest BCUT2D eigenvalue weighted by atomic mass is 29.2. The molecule has 0 saturated carbocycles. The summed E-state index contributed by atoms with van der Waals surface area (Å²) < 4.78 is 4.83. The summed E-state index contributed by atoms with van der Waals surface area (Å²) in [7, 11) is -2.49. The second-order valence-electron chi connectivity index (χ2n) is 4.12. The third-order valence-corrected chi connectivity index (χ3v) is 15.7. The van der Waals surface area contributed by atoms with Gasteiger partial charge in [-0.2, -0.15) is 0 Å². The van der Waals surface area contributed by atoms with Crippen molar-refractivity contribution in [2.75, 3.05) is 0 Å². The minimum absolute atomic E-state index is 1.02. The second kappa shape index (κ2) is 3.83. The van der Waals surface area contributed by atoms with Gasteiger partial charge in [-0.1, -0.05) is 36.6 Å². The monoisotopic (exact) mass is 221 g/mol. The quantitative estimate of drug-likeness (QED) is 0.636. The van der Waals surface area contributed by atoms with E-state index in [0.717, 1.165) is 0 Å². The van der Waals surface area contributed by atoms with Gasteiger partial charge in [-0.3, -0.25) is 0 Å². The van der Waals surface area contributed by atoms with Gasteiger partial charge < -0.3 is 4.66 Å². The van der Waals surface area contributed by atoms with Crippen molar-refractivity contribution in [3.8, 4) is 0 Å². The third kappa shape index (κ3) is 1.50. The van der Waals surface area contributed by atoms with Crippen molar-refractivity contribution >= 4 is 21.8 Å². The molecule has 1 rings (SSSR count). The summed E-state index contributed by atoms with van der Waals surface area (Å²) in [5.74, 6) is 0. The van der Waals surface area contributed by atoms with Gasteiger partial charge in [0.2, 0.25) is 0 Å². The van der Waals surface area contributed by atoms with Gasteiger partial charge in [-0.25, -0.2) is 0 Å². The van der Waals surface area contributed by atoms with E-state index in [1.807, 2.05) is 6.08 Å². The van der Waals surface area contributed by atoms with E-state index in [-0.39, 0.29) is 0 Å². The van der Waals surface area contributed by atoms with E-state index in [1.165, 1.54) is 16.5 Å². The maximum atomic E-state index is 4.83. The van der Waals surface area contributed by atoms with Gasteiger partial charge in [0.05, 0.1) is 0 Å². The standard InChI is InChI=1S/C11H19NSi2/c1-7-11-9(3)10(4)12-13(5)14(11,6)8-2/h7-8,13H,1-2H2,3-6H3. The lowest BCUT2D eigenvalue weighted by Crippen LogP contribution is -2.49. The van der Waals surface area contributed by atoms with Gasteiger partial charge >= 0.3 is 0 Å². The van der Waals surface area contributed by atoms with Crippen LogP contribution in [0.1, 0.15) is 13.8 Å². The van der Waals surface area contributed by atoms with Gasteiger partial charge in [-0.15, -0.1) is 6.58 Å². The summed E-state index contributed by atoms with van der Waals surface area (Å²) in [5, 5.41) is 1.46. The zero-order valence-corrected chi connectivity index (χ0v) is 11.7. The minimum atomic E-state index is -1.47. The van der Waals surface area contributed by atoms with Crippen molar-refractivity contribution in [2.24, 2.45) is 4.66 Å². The van der Waals surface area contributed by atoms with E-state index in [9.17, 15) is 0 Å². The van der Waals surface area contributed by atoms with Gasteiger partial charge in [0, 0.05) is 5.71 Å². The van der Waals surface area contributed by atoms with Crippen molar-refractivity contribution in [1.29, 1.82) is 0 Å². The summed E-state index contributed by atoms with van der Waals surface area (Å²) in [6, 6.07) is 0. The molecule has 0 amide bonds. The van der Waals surface area contributed by atoms with E-state index < -0.39 is 16.1 Å². The van der Waals surface area contributed by atoms with Gasteiger partial charge in [0.25, 0.3) is 0 Å². The molecule has 1 aliphatic rings. The molecule has 1 nitrogen and oxygen atoms in total. The molecule has 0 N–H and O–H groups in total. The molecular weight excluding hydrogens is 202 g/mol. The van der Waals surface area contributed by atoms with Gasteiger partial charge in [-0.05, 0) is 19.4 Å². The van der Waals surface area contributed by atoms with Crippen molar-refractivity contribution in [1.82, 2.24) is 0 Å². The van der Waals surface area contributed by atoms with Crippen molar-refractivity contribution in [2.45, 2.75) is 26.9 Å².